The molecule has 0 rings (SSSR count). The van der Waals surface area contributed by atoms with Gasteiger partial charge in [0, 0.05) is 5.70 Å². The summed E-state index contributed by atoms with van der Waals surface area (Å²) in [6.45, 7) is 14.4. The minimum Gasteiger partial charge on any atom is -0.402 e. The Bertz CT molecular complexity index is 382. The molecule has 0 spiro atoms. The van der Waals surface area contributed by atoms with E-state index >= 15 is 0 Å². The molecular formula is C16H25N. The van der Waals surface area contributed by atoms with Crippen LogP contribution in [0.15, 0.2) is 58.9 Å². The summed E-state index contributed by atoms with van der Waals surface area (Å²) in [5.74, 6) is 0. The molecule has 0 aliphatic carbocycles. The van der Waals surface area contributed by atoms with Crippen LogP contribution in [-0.2, 0) is 0 Å². The van der Waals surface area contributed by atoms with Crippen molar-refractivity contribution in [2.45, 2.75) is 41.0 Å². The van der Waals surface area contributed by atoms with Gasteiger partial charge in [-0.2, -0.15) is 0 Å². The van der Waals surface area contributed by atoms with Gasteiger partial charge in [0.15, 0.2) is 0 Å². The Balaban J connectivity index is 4.86. The predicted octanol–water partition coefficient (Wildman–Crippen LogP) is 4.65. The Morgan fingerprint density at radius 2 is 1.65 bits per heavy atom. The van der Waals surface area contributed by atoms with Gasteiger partial charge in [-0.25, -0.2) is 0 Å². The van der Waals surface area contributed by atoms with Crippen molar-refractivity contribution < 1.29 is 0 Å². The Hall–Kier alpha value is -1.50. The maximum atomic E-state index is 5.62. The van der Waals surface area contributed by atoms with Gasteiger partial charge in [-0.3, -0.25) is 0 Å². The lowest BCUT2D eigenvalue weighted by atomic mass is 10.0. The van der Waals surface area contributed by atoms with E-state index in [1.165, 1.54) is 16.7 Å². The molecule has 0 aromatic carbocycles. The lowest BCUT2D eigenvalue weighted by molar-refractivity contribution is 1.12. The molecule has 2 N–H and O–H groups in total. The topological polar surface area (TPSA) is 26.0 Å². The molecule has 1 nitrogen and oxygen atoms in total. The fourth-order valence-corrected chi connectivity index (χ4v) is 1.18. The summed E-state index contributed by atoms with van der Waals surface area (Å²) in [6.07, 6.45) is 9.10. The highest BCUT2D eigenvalue weighted by Gasteiger charge is 1.96. The van der Waals surface area contributed by atoms with Crippen LogP contribution in [0.5, 0.6) is 0 Å². The van der Waals surface area contributed by atoms with E-state index in [4.69, 9.17) is 5.73 Å². The minimum atomic E-state index is 0.813. The normalized spacial score (nSPS) is 13.0. The van der Waals surface area contributed by atoms with Crippen molar-refractivity contribution in [3.8, 4) is 0 Å². The molecular weight excluding hydrogens is 206 g/mol. The van der Waals surface area contributed by atoms with Crippen LogP contribution >= 0.6 is 0 Å². The quantitative estimate of drug-likeness (QED) is 0.684. The molecule has 0 heterocycles. The molecule has 0 aliphatic rings. The first kappa shape index (κ1) is 15.5. The maximum Gasteiger partial charge on any atom is 0.00489 e. The first-order valence-corrected chi connectivity index (χ1v) is 6.02. The van der Waals surface area contributed by atoms with Crippen molar-refractivity contribution in [1.29, 1.82) is 0 Å². The van der Waals surface area contributed by atoms with E-state index in [1.807, 2.05) is 19.1 Å². The summed E-state index contributed by atoms with van der Waals surface area (Å²) in [5.41, 5.74) is 11.3. The average molecular weight is 231 g/mol. The van der Waals surface area contributed by atoms with Gasteiger partial charge in [0.1, 0.15) is 0 Å². The molecule has 17 heavy (non-hydrogen) atoms. The molecule has 0 aromatic rings. The van der Waals surface area contributed by atoms with Gasteiger partial charge in [0.2, 0.25) is 0 Å². The third-order valence-corrected chi connectivity index (χ3v) is 2.66. The molecule has 0 atom stereocenters. The van der Waals surface area contributed by atoms with Gasteiger partial charge in [0.25, 0.3) is 0 Å². The predicted molar refractivity (Wildman–Crippen MR) is 78.6 cm³/mol. The van der Waals surface area contributed by atoms with Gasteiger partial charge in [-0.05, 0) is 51.3 Å². The van der Waals surface area contributed by atoms with Crippen molar-refractivity contribution in [2.24, 2.45) is 5.73 Å². The van der Waals surface area contributed by atoms with E-state index in [-0.39, 0.29) is 0 Å². The summed E-state index contributed by atoms with van der Waals surface area (Å²) in [4.78, 5) is 0. The van der Waals surface area contributed by atoms with Crippen molar-refractivity contribution in [3.05, 3.63) is 58.9 Å². The monoisotopic (exact) mass is 231 g/mol. The SMILES string of the molecule is C=C(/C=C\C(C)=C(C)C)/C(=C/C=C(\C)N)CC. The highest BCUT2D eigenvalue weighted by Crippen LogP contribution is 2.15. The lowest BCUT2D eigenvalue weighted by Crippen LogP contribution is -1.89. The van der Waals surface area contributed by atoms with Crippen LogP contribution in [0.2, 0.25) is 0 Å². The highest BCUT2D eigenvalue weighted by atomic mass is 14.5. The first-order valence-electron chi connectivity index (χ1n) is 6.02. The molecule has 0 bridgehead atoms. The van der Waals surface area contributed by atoms with Crippen LogP contribution < -0.4 is 5.73 Å². The Morgan fingerprint density at radius 1 is 1.06 bits per heavy atom. The average Bonchev–Trinajstić information content (AvgIpc) is 2.25. The molecule has 0 amide bonds. The smallest absolute Gasteiger partial charge is 0.00489 e. The zero-order valence-electron chi connectivity index (χ0n) is 11.8. The highest BCUT2D eigenvalue weighted by molar-refractivity contribution is 5.41. The first-order chi connectivity index (χ1) is 7.88. The standard InChI is InChI=1S/C16H25N/c1-7-16(11-10-15(6)17)14(5)9-8-13(4)12(2)3/h8-11H,5,7,17H2,1-4,6H3/b9-8-,15-10+,16-11+. The van der Waals surface area contributed by atoms with E-state index in [0.29, 0.717) is 0 Å². The van der Waals surface area contributed by atoms with Gasteiger partial charge >= 0.3 is 0 Å². The van der Waals surface area contributed by atoms with Crippen LogP contribution in [0.1, 0.15) is 41.0 Å². The largest absolute Gasteiger partial charge is 0.402 e. The summed E-state index contributed by atoms with van der Waals surface area (Å²) in [7, 11) is 0. The van der Waals surface area contributed by atoms with Crippen LogP contribution in [0.3, 0.4) is 0 Å². The maximum absolute atomic E-state index is 5.62. The Kier molecular flexibility index (Phi) is 7.04. The zero-order chi connectivity index (χ0) is 13.4. The zero-order valence-corrected chi connectivity index (χ0v) is 11.8. The summed E-state index contributed by atoms with van der Waals surface area (Å²) in [5, 5.41) is 0. The van der Waals surface area contributed by atoms with E-state index in [9.17, 15) is 0 Å². The minimum absolute atomic E-state index is 0.813. The second kappa shape index (κ2) is 7.72. The lowest BCUT2D eigenvalue weighted by Gasteiger charge is -2.04. The fourth-order valence-electron chi connectivity index (χ4n) is 1.18. The van der Waals surface area contributed by atoms with Crippen LogP contribution in [-0.4, -0.2) is 0 Å². The number of rotatable bonds is 5. The van der Waals surface area contributed by atoms with E-state index in [0.717, 1.165) is 17.7 Å². The molecule has 94 valence electrons. The Labute approximate surface area is 106 Å². The molecule has 0 radical (unpaired) electrons. The molecule has 0 saturated heterocycles. The van der Waals surface area contributed by atoms with Crippen LogP contribution in [0.25, 0.3) is 0 Å². The van der Waals surface area contributed by atoms with E-state index in [1.54, 1.807) is 0 Å². The van der Waals surface area contributed by atoms with Crippen LogP contribution in [0, 0.1) is 0 Å². The summed E-state index contributed by atoms with van der Waals surface area (Å²) >= 11 is 0. The Morgan fingerprint density at radius 3 is 2.06 bits per heavy atom. The van der Waals surface area contributed by atoms with E-state index in [2.05, 4.69) is 46.4 Å². The van der Waals surface area contributed by atoms with Crippen LogP contribution in [0.4, 0.5) is 0 Å². The van der Waals surface area contributed by atoms with Crippen molar-refractivity contribution in [1.82, 2.24) is 0 Å². The van der Waals surface area contributed by atoms with Crippen molar-refractivity contribution in [2.75, 3.05) is 0 Å². The number of hydrogen-bond donors (Lipinski definition) is 1. The second-order valence-electron chi connectivity index (χ2n) is 4.50. The molecule has 0 saturated carbocycles. The van der Waals surface area contributed by atoms with E-state index < -0.39 is 0 Å². The van der Waals surface area contributed by atoms with Gasteiger partial charge in [0.05, 0.1) is 0 Å². The van der Waals surface area contributed by atoms with Gasteiger partial charge < -0.3 is 5.73 Å². The third-order valence-electron chi connectivity index (χ3n) is 2.66. The van der Waals surface area contributed by atoms with Gasteiger partial charge in [-0.15, -0.1) is 0 Å². The molecule has 0 unspecified atom stereocenters. The molecule has 1 heteroatoms. The second-order valence-corrected chi connectivity index (χ2v) is 4.50. The van der Waals surface area contributed by atoms with Crippen molar-refractivity contribution in [3.63, 3.8) is 0 Å². The number of nitrogens with two attached hydrogens (primary N) is 1. The molecule has 0 fully saturated rings. The third kappa shape index (κ3) is 6.62. The summed E-state index contributed by atoms with van der Waals surface area (Å²) in [6, 6.07) is 0. The fraction of sp³-hybridized carbons (Fsp3) is 0.375. The van der Waals surface area contributed by atoms with Gasteiger partial charge in [-0.1, -0.05) is 42.9 Å². The molecule has 0 aliphatic heterocycles. The summed E-state index contributed by atoms with van der Waals surface area (Å²) < 4.78 is 0. The molecule has 0 aromatic heterocycles. The van der Waals surface area contributed by atoms with Crippen molar-refractivity contribution >= 4 is 0 Å². The number of allylic oxidation sites excluding steroid dienone is 9. The number of hydrogen-bond acceptors (Lipinski definition) is 1.